The number of carbonyl (C=O) groups excluding carboxylic acids is 2. The Morgan fingerprint density at radius 3 is 1.89 bits per heavy atom. The Morgan fingerprint density at radius 2 is 1.33 bits per heavy atom. The Hall–Kier alpha value is -1.88. The molecule has 1 fully saturated rings. The quantitative estimate of drug-likeness (QED) is 0.577. The monoisotopic (exact) mass is 391 g/mol. The Balaban J connectivity index is 1.78. The maximum absolute atomic E-state index is 12.0. The summed E-state index contributed by atoms with van der Waals surface area (Å²) in [5.41, 5.74) is 4.30. The summed E-state index contributed by atoms with van der Waals surface area (Å²) in [5, 5.41) is 7.47. The summed E-state index contributed by atoms with van der Waals surface area (Å²) in [4.78, 5) is 23.9. The summed E-state index contributed by atoms with van der Waals surface area (Å²) in [7, 11) is 0. The van der Waals surface area contributed by atoms with Crippen LogP contribution in [0.4, 0.5) is 0 Å². The number of hydrazone groups is 1. The van der Waals surface area contributed by atoms with Gasteiger partial charge >= 0.3 is 11.8 Å². The second kappa shape index (κ2) is 12.5. The van der Waals surface area contributed by atoms with Crippen molar-refractivity contribution in [3.05, 3.63) is 34.9 Å². The van der Waals surface area contributed by atoms with Crippen molar-refractivity contribution in [3.8, 4) is 0 Å². The number of nitrogens with zero attached hydrogens (tertiary/aromatic N) is 1. The number of rotatable bonds is 3. The molecule has 0 saturated heterocycles. The molecule has 1 aliphatic carbocycles. The highest BCUT2D eigenvalue weighted by molar-refractivity contribution is 6.35. The van der Waals surface area contributed by atoms with E-state index in [1.165, 1.54) is 44.9 Å². The average Bonchev–Trinajstić information content (AvgIpc) is 2.66. The molecule has 6 heteroatoms. The summed E-state index contributed by atoms with van der Waals surface area (Å²) in [6.07, 6.45) is 12.9. The minimum atomic E-state index is -0.720. The van der Waals surface area contributed by atoms with Crippen molar-refractivity contribution in [2.45, 2.75) is 77.2 Å². The Bertz CT molecular complexity index is 615. The van der Waals surface area contributed by atoms with Crippen LogP contribution in [0.3, 0.4) is 0 Å². The van der Waals surface area contributed by atoms with Crippen LogP contribution in [0, 0.1) is 0 Å². The second-order valence-electron chi connectivity index (χ2n) is 7.11. The maximum atomic E-state index is 12.0. The number of hydrogen-bond acceptors (Lipinski definition) is 3. The van der Waals surface area contributed by atoms with Gasteiger partial charge in [0.1, 0.15) is 0 Å². The normalized spacial score (nSPS) is 16.6. The first-order valence-corrected chi connectivity index (χ1v) is 10.4. The number of nitrogens with one attached hydrogen (secondary N) is 2. The van der Waals surface area contributed by atoms with E-state index in [9.17, 15) is 9.59 Å². The largest absolute Gasteiger partial charge is 0.344 e. The van der Waals surface area contributed by atoms with E-state index in [4.69, 9.17) is 11.6 Å². The van der Waals surface area contributed by atoms with Crippen LogP contribution in [-0.4, -0.2) is 17.5 Å². The highest BCUT2D eigenvalue weighted by atomic mass is 35.5. The zero-order chi connectivity index (χ0) is 19.3. The van der Waals surface area contributed by atoms with Gasteiger partial charge in [-0.1, -0.05) is 68.7 Å². The topological polar surface area (TPSA) is 70.6 Å². The fourth-order valence-electron chi connectivity index (χ4n) is 3.18. The lowest BCUT2D eigenvalue weighted by atomic mass is 10.00. The molecule has 27 heavy (non-hydrogen) atoms. The second-order valence-corrected chi connectivity index (χ2v) is 7.55. The molecule has 0 bridgehead atoms. The summed E-state index contributed by atoms with van der Waals surface area (Å²) in [6.45, 7) is 0.278. The predicted molar refractivity (Wildman–Crippen MR) is 110 cm³/mol. The summed E-state index contributed by atoms with van der Waals surface area (Å²) >= 11 is 5.83. The first-order chi connectivity index (χ1) is 13.1. The van der Waals surface area contributed by atoms with Gasteiger partial charge in [0.15, 0.2) is 0 Å². The Labute approximate surface area is 166 Å². The van der Waals surface area contributed by atoms with Crippen molar-refractivity contribution in [3.63, 3.8) is 0 Å². The van der Waals surface area contributed by atoms with Crippen LogP contribution >= 0.6 is 11.6 Å². The molecule has 2 amide bonds. The zero-order valence-electron chi connectivity index (χ0n) is 15.9. The molecule has 0 spiro atoms. The van der Waals surface area contributed by atoms with E-state index in [-0.39, 0.29) is 6.54 Å². The first kappa shape index (κ1) is 21.4. The smallest absolute Gasteiger partial charge is 0.329 e. The molecule has 1 aromatic carbocycles. The first-order valence-electron chi connectivity index (χ1n) is 10.0. The van der Waals surface area contributed by atoms with Crippen LogP contribution in [-0.2, 0) is 16.1 Å². The van der Waals surface area contributed by atoms with E-state index in [1.807, 2.05) is 12.1 Å². The van der Waals surface area contributed by atoms with E-state index >= 15 is 0 Å². The molecular weight excluding hydrogens is 362 g/mol. The lowest BCUT2D eigenvalue weighted by molar-refractivity contribution is -0.139. The minimum Gasteiger partial charge on any atom is -0.344 e. The number of benzene rings is 1. The van der Waals surface area contributed by atoms with Crippen LogP contribution in [0.1, 0.15) is 76.2 Å². The zero-order valence-corrected chi connectivity index (χ0v) is 16.7. The van der Waals surface area contributed by atoms with E-state index < -0.39 is 11.8 Å². The number of hydrogen-bond donors (Lipinski definition) is 2. The molecular formula is C21H30ClN3O2. The van der Waals surface area contributed by atoms with Crippen molar-refractivity contribution < 1.29 is 9.59 Å². The molecule has 148 valence electrons. The summed E-state index contributed by atoms with van der Waals surface area (Å²) in [6, 6.07) is 7.12. The predicted octanol–water partition coefficient (Wildman–Crippen LogP) is 4.73. The molecule has 1 aromatic rings. The Kier molecular flexibility index (Phi) is 9.91. The molecule has 0 heterocycles. The van der Waals surface area contributed by atoms with Crippen molar-refractivity contribution in [1.29, 1.82) is 0 Å². The lowest BCUT2D eigenvalue weighted by Crippen LogP contribution is -2.37. The molecule has 5 nitrogen and oxygen atoms in total. The molecule has 2 N–H and O–H groups in total. The lowest BCUT2D eigenvalue weighted by Gasteiger charge is -2.10. The van der Waals surface area contributed by atoms with Gasteiger partial charge in [0, 0.05) is 17.3 Å². The Morgan fingerprint density at radius 1 is 0.815 bits per heavy atom. The van der Waals surface area contributed by atoms with Gasteiger partial charge < -0.3 is 5.32 Å². The van der Waals surface area contributed by atoms with Gasteiger partial charge in [-0.3, -0.25) is 9.59 Å². The number of carbonyl (C=O) groups is 2. The van der Waals surface area contributed by atoms with Crippen molar-refractivity contribution in [2.24, 2.45) is 5.10 Å². The van der Waals surface area contributed by atoms with Crippen LogP contribution < -0.4 is 10.7 Å². The van der Waals surface area contributed by atoms with E-state index in [1.54, 1.807) is 12.1 Å². The van der Waals surface area contributed by atoms with Gasteiger partial charge in [-0.05, 0) is 43.4 Å². The molecule has 0 aromatic heterocycles. The minimum absolute atomic E-state index is 0.278. The van der Waals surface area contributed by atoms with E-state index in [0.29, 0.717) is 5.02 Å². The van der Waals surface area contributed by atoms with Crippen molar-refractivity contribution in [2.75, 3.05) is 0 Å². The molecule has 0 atom stereocenters. The van der Waals surface area contributed by atoms with Gasteiger partial charge in [-0.15, -0.1) is 0 Å². The molecule has 0 aliphatic heterocycles. The van der Waals surface area contributed by atoms with Gasteiger partial charge in [-0.2, -0.15) is 5.10 Å². The molecule has 0 radical (unpaired) electrons. The van der Waals surface area contributed by atoms with Gasteiger partial charge in [0.2, 0.25) is 0 Å². The molecule has 1 saturated carbocycles. The van der Waals surface area contributed by atoms with E-state index in [0.717, 1.165) is 37.0 Å². The van der Waals surface area contributed by atoms with Gasteiger partial charge in [-0.25, -0.2) is 5.43 Å². The third-order valence-corrected chi connectivity index (χ3v) is 5.07. The summed E-state index contributed by atoms with van der Waals surface area (Å²) < 4.78 is 0. The van der Waals surface area contributed by atoms with Crippen molar-refractivity contribution in [1.82, 2.24) is 10.7 Å². The van der Waals surface area contributed by atoms with Crippen molar-refractivity contribution >= 4 is 29.1 Å². The van der Waals surface area contributed by atoms with Crippen LogP contribution in [0.15, 0.2) is 29.4 Å². The van der Waals surface area contributed by atoms with Crippen LogP contribution in [0.25, 0.3) is 0 Å². The number of amides is 2. The van der Waals surface area contributed by atoms with Gasteiger partial charge in [0.05, 0.1) is 0 Å². The van der Waals surface area contributed by atoms with Crippen LogP contribution in [0.5, 0.6) is 0 Å². The molecule has 0 unspecified atom stereocenters. The third kappa shape index (κ3) is 9.05. The van der Waals surface area contributed by atoms with Gasteiger partial charge in [0.25, 0.3) is 0 Å². The summed E-state index contributed by atoms with van der Waals surface area (Å²) in [5.74, 6) is -1.40. The standard InChI is InChI=1S/C21H30ClN3O2/c22-18-14-12-17(13-15-18)16-23-20(26)21(27)25-24-19-10-8-6-4-2-1-3-5-7-9-11-19/h12-15H,1-11,16H2,(H,23,26)(H,25,27). The fourth-order valence-corrected chi connectivity index (χ4v) is 3.30. The SMILES string of the molecule is O=C(NCc1ccc(Cl)cc1)C(=O)NN=C1CCCCCCCCCCC1. The molecule has 2 rings (SSSR count). The average molecular weight is 392 g/mol. The molecule has 1 aliphatic rings. The number of halogens is 1. The highest BCUT2D eigenvalue weighted by Crippen LogP contribution is 2.15. The maximum Gasteiger partial charge on any atom is 0.329 e. The third-order valence-electron chi connectivity index (χ3n) is 4.82. The highest BCUT2D eigenvalue weighted by Gasteiger charge is 2.13. The fraction of sp³-hybridized carbons (Fsp3) is 0.571. The van der Waals surface area contributed by atoms with E-state index in [2.05, 4.69) is 15.8 Å². The van der Waals surface area contributed by atoms with Crippen LogP contribution in [0.2, 0.25) is 5.02 Å².